The molecule has 1 aliphatic rings. The number of carboxylic acids is 1. The van der Waals surface area contributed by atoms with Crippen LogP contribution in [0.2, 0.25) is 0 Å². The van der Waals surface area contributed by atoms with E-state index in [1.165, 1.54) is 19.3 Å². The topological polar surface area (TPSA) is 97.4 Å². The molecule has 0 radical (unpaired) electrons. The first-order valence-electron chi connectivity index (χ1n) is 11.9. The smallest absolute Gasteiger partial charge is 0.326 e. The van der Waals surface area contributed by atoms with Gasteiger partial charge in [0.2, 0.25) is 0 Å². The van der Waals surface area contributed by atoms with Crippen molar-refractivity contribution >= 4 is 22.9 Å². The number of fused-ring (bicyclic) bond motifs is 1. The predicted octanol–water partition coefficient (Wildman–Crippen LogP) is 5.20. The van der Waals surface area contributed by atoms with Crippen LogP contribution in [-0.2, 0) is 11.2 Å². The van der Waals surface area contributed by atoms with Gasteiger partial charge in [-0.2, -0.15) is 0 Å². The van der Waals surface area contributed by atoms with Crippen LogP contribution in [0, 0.1) is 11.8 Å². The zero-order valence-corrected chi connectivity index (χ0v) is 19.6. The van der Waals surface area contributed by atoms with Gasteiger partial charge in [-0.25, -0.2) is 9.78 Å². The number of furan rings is 1. The number of nitrogens with zero attached hydrogens (tertiary/aromatic N) is 2. The fraction of sp³-hybridized carbons (Fsp3) is 0.500. The highest BCUT2D eigenvalue weighted by molar-refractivity contribution is 5.99. The number of amides is 1. The average Bonchev–Trinajstić information content (AvgIpc) is 3.40. The lowest BCUT2D eigenvalue weighted by Crippen LogP contribution is -2.41. The van der Waals surface area contributed by atoms with Crippen molar-refractivity contribution in [1.29, 1.82) is 0 Å². The summed E-state index contributed by atoms with van der Waals surface area (Å²) in [5.41, 5.74) is 3.26. The van der Waals surface area contributed by atoms with E-state index in [9.17, 15) is 14.7 Å². The zero-order valence-electron chi connectivity index (χ0n) is 19.6. The van der Waals surface area contributed by atoms with Crippen LogP contribution in [-0.4, -0.2) is 32.6 Å². The molecule has 1 fully saturated rings. The van der Waals surface area contributed by atoms with Gasteiger partial charge in [-0.1, -0.05) is 33.6 Å². The molecule has 1 aromatic carbocycles. The van der Waals surface area contributed by atoms with Crippen LogP contribution in [0.1, 0.15) is 80.7 Å². The summed E-state index contributed by atoms with van der Waals surface area (Å²) in [7, 11) is 0. The minimum Gasteiger partial charge on any atom is -0.480 e. The largest absolute Gasteiger partial charge is 0.480 e. The lowest BCUT2D eigenvalue weighted by atomic mass is 9.85. The summed E-state index contributed by atoms with van der Waals surface area (Å²) in [5, 5.41) is 12.2. The second-order valence-corrected chi connectivity index (χ2v) is 9.73. The monoisotopic (exact) mass is 451 g/mol. The normalized spacial score (nSPS) is 19.6. The quantitative estimate of drug-likeness (QED) is 0.491. The maximum atomic E-state index is 12.9. The van der Waals surface area contributed by atoms with Gasteiger partial charge in [0, 0.05) is 18.0 Å². The van der Waals surface area contributed by atoms with Gasteiger partial charge in [-0.3, -0.25) is 4.79 Å². The van der Waals surface area contributed by atoms with Gasteiger partial charge in [0.25, 0.3) is 5.91 Å². The number of imidazole rings is 1. The summed E-state index contributed by atoms with van der Waals surface area (Å²) in [6.45, 7) is 6.18. The fourth-order valence-corrected chi connectivity index (χ4v) is 4.98. The molecule has 0 bridgehead atoms. The predicted molar refractivity (Wildman–Crippen MR) is 126 cm³/mol. The molecule has 7 heteroatoms. The standard InChI is InChI=1S/C26H33N3O4/c1-16(2)12-21(26(31)32)28-25(30)19-8-9-23-20(14-19)27-24(13-18-10-11-33-15-18)29(23)22-7-5-4-6-17(22)3/h8-11,14-17,21-22H,4-7,12-13H2,1-3H3,(H,28,30)(H,31,32). The molecule has 1 aliphatic carbocycles. The Morgan fingerprint density at radius 3 is 2.70 bits per heavy atom. The summed E-state index contributed by atoms with van der Waals surface area (Å²) in [4.78, 5) is 29.4. The van der Waals surface area contributed by atoms with Gasteiger partial charge in [0.05, 0.1) is 23.6 Å². The number of carbonyl (C=O) groups excluding carboxylic acids is 1. The summed E-state index contributed by atoms with van der Waals surface area (Å²) in [6, 6.07) is 6.92. The first-order valence-corrected chi connectivity index (χ1v) is 11.9. The minimum absolute atomic E-state index is 0.160. The Bertz CT molecular complexity index is 1120. The number of hydrogen-bond donors (Lipinski definition) is 2. The molecule has 2 N–H and O–H groups in total. The number of aliphatic carboxylic acids is 1. The molecule has 7 nitrogen and oxygen atoms in total. The molecule has 3 aromatic rings. The Kier molecular flexibility index (Phi) is 6.86. The van der Waals surface area contributed by atoms with Crippen LogP contribution < -0.4 is 5.32 Å². The van der Waals surface area contributed by atoms with Crippen LogP contribution in [0.15, 0.2) is 41.2 Å². The van der Waals surface area contributed by atoms with E-state index in [1.54, 1.807) is 24.7 Å². The molecule has 1 saturated carbocycles. The van der Waals surface area contributed by atoms with E-state index in [1.807, 2.05) is 26.0 Å². The Hall–Kier alpha value is -3.09. The number of carboxylic acid groups (broad SMARTS) is 1. The number of nitrogens with one attached hydrogen (secondary N) is 1. The number of rotatable bonds is 8. The minimum atomic E-state index is -1.02. The molecule has 1 amide bonds. The molecule has 2 aromatic heterocycles. The van der Waals surface area contributed by atoms with Crippen LogP contribution in [0.25, 0.3) is 11.0 Å². The van der Waals surface area contributed by atoms with Crippen LogP contribution >= 0.6 is 0 Å². The van der Waals surface area contributed by atoms with Gasteiger partial charge in [0.15, 0.2) is 0 Å². The summed E-state index contributed by atoms with van der Waals surface area (Å²) < 4.78 is 7.62. The maximum absolute atomic E-state index is 12.9. The molecule has 0 spiro atoms. The van der Waals surface area contributed by atoms with Gasteiger partial charge in [0.1, 0.15) is 11.9 Å². The molecule has 33 heavy (non-hydrogen) atoms. The van der Waals surface area contributed by atoms with E-state index < -0.39 is 12.0 Å². The Labute approximate surface area is 194 Å². The van der Waals surface area contributed by atoms with Crippen molar-refractivity contribution in [1.82, 2.24) is 14.9 Å². The molecule has 0 aliphatic heterocycles. The molecule has 176 valence electrons. The van der Waals surface area contributed by atoms with Crippen LogP contribution in [0.4, 0.5) is 0 Å². The lowest BCUT2D eigenvalue weighted by molar-refractivity contribution is -0.139. The maximum Gasteiger partial charge on any atom is 0.326 e. The average molecular weight is 452 g/mol. The van der Waals surface area contributed by atoms with Crippen molar-refractivity contribution in [3.8, 4) is 0 Å². The third-order valence-electron chi connectivity index (χ3n) is 6.68. The molecule has 0 saturated heterocycles. The van der Waals surface area contributed by atoms with Crippen molar-refractivity contribution < 1.29 is 19.1 Å². The van der Waals surface area contributed by atoms with E-state index in [0.29, 0.717) is 30.4 Å². The summed E-state index contributed by atoms with van der Waals surface area (Å²) in [5.74, 6) is 0.270. The fourth-order valence-electron chi connectivity index (χ4n) is 4.98. The van der Waals surface area contributed by atoms with Crippen molar-refractivity contribution in [3.05, 3.63) is 53.7 Å². The van der Waals surface area contributed by atoms with Gasteiger partial charge >= 0.3 is 5.97 Å². The molecule has 3 atom stereocenters. The van der Waals surface area contributed by atoms with Crippen molar-refractivity contribution in [2.75, 3.05) is 0 Å². The van der Waals surface area contributed by atoms with Gasteiger partial charge in [-0.15, -0.1) is 0 Å². The second-order valence-electron chi connectivity index (χ2n) is 9.73. The van der Waals surface area contributed by atoms with Gasteiger partial charge < -0.3 is 19.4 Å². The number of carbonyl (C=O) groups is 2. The summed E-state index contributed by atoms with van der Waals surface area (Å²) >= 11 is 0. The van der Waals surface area contributed by atoms with Crippen LogP contribution in [0.3, 0.4) is 0 Å². The molecule has 2 heterocycles. The highest BCUT2D eigenvalue weighted by Crippen LogP contribution is 2.37. The molecule has 4 rings (SSSR count). The zero-order chi connectivity index (χ0) is 23.5. The van der Waals surface area contributed by atoms with E-state index in [0.717, 1.165) is 28.8 Å². The first kappa shape index (κ1) is 23.1. The second kappa shape index (κ2) is 9.81. The SMILES string of the molecule is CC(C)CC(NC(=O)c1ccc2c(c1)nc(Cc1ccoc1)n2C1CCCCC1C)C(=O)O. The van der Waals surface area contributed by atoms with Crippen molar-refractivity contribution in [2.24, 2.45) is 11.8 Å². The third kappa shape index (κ3) is 5.13. The highest BCUT2D eigenvalue weighted by Gasteiger charge is 2.28. The van der Waals surface area contributed by atoms with E-state index in [-0.39, 0.29) is 11.8 Å². The number of aromatic nitrogens is 2. The van der Waals surface area contributed by atoms with E-state index >= 15 is 0 Å². The molecule has 3 unspecified atom stereocenters. The third-order valence-corrected chi connectivity index (χ3v) is 6.68. The van der Waals surface area contributed by atoms with E-state index in [4.69, 9.17) is 9.40 Å². The number of benzene rings is 1. The Balaban J connectivity index is 1.68. The highest BCUT2D eigenvalue weighted by atomic mass is 16.4. The van der Waals surface area contributed by atoms with Gasteiger partial charge in [-0.05, 0) is 60.9 Å². The Morgan fingerprint density at radius 2 is 2.03 bits per heavy atom. The molecular weight excluding hydrogens is 418 g/mol. The Morgan fingerprint density at radius 1 is 1.24 bits per heavy atom. The van der Waals surface area contributed by atoms with E-state index in [2.05, 4.69) is 16.8 Å². The van der Waals surface area contributed by atoms with Crippen molar-refractivity contribution in [2.45, 2.75) is 71.4 Å². The summed E-state index contributed by atoms with van der Waals surface area (Å²) in [6.07, 6.45) is 9.22. The first-order chi connectivity index (χ1) is 15.8. The van der Waals surface area contributed by atoms with Crippen LogP contribution in [0.5, 0.6) is 0 Å². The number of hydrogen-bond acceptors (Lipinski definition) is 4. The van der Waals surface area contributed by atoms with Crippen molar-refractivity contribution in [3.63, 3.8) is 0 Å². The lowest BCUT2D eigenvalue weighted by Gasteiger charge is -2.31. The molecular formula is C26H33N3O4.